The maximum absolute atomic E-state index is 2.48. The summed E-state index contributed by atoms with van der Waals surface area (Å²) in [6.45, 7) is 6.89. The molecule has 0 atom stereocenters. The van der Waals surface area contributed by atoms with E-state index in [4.69, 9.17) is 0 Å². The molecule has 0 aliphatic heterocycles. The monoisotopic (exact) mass is 761 g/mol. The number of rotatable bonds is 7. The Kier molecular flexibility index (Phi) is 9.00. The summed E-state index contributed by atoms with van der Waals surface area (Å²) in [5, 5.41) is 5.11. The highest BCUT2D eigenvalue weighted by atomic mass is 32.1. The first-order valence-corrected chi connectivity index (χ1v) is 20.9. The van der Waals surface area contributed by atoms with Crippen LogP contribution in [-0.2, 0) is 5.41 Å². The van der Waals surface area contributed by atoms with Crippen LogP contribution in [0, 0.1) is 0 Å². The van der Waals surface area contributed by atoms with Crippen LogP contribution in [0.15, 0.2) is 206 Å². The summed E-state index contributed by atoms with van der Waals surface area (Å²) < 4.78 is 2.63. The third-order valence-electron chi connectivity index (χ3n) is 11.5. The van der Waals surface area contributed by atoms with E-state index in [1.807, 2.05) is 11.3 Å². The van der Waals surface area contributed by atoms with Crippen LogP contribution in [0.3, 0.4) is 0 Å². The fourth-order valence-electron chi connectivity index (χ4n) is 8.58. The van der Waals surface area contributed by atoms with E-state index in [0.29, 0.717) is 0 Å². The number of benzene rings is 9. The van der Waals surface area contributed by atoms with Crippen molar-refractivity contribution in [3.63, 3.8) is 0 Å². The number of para-hydroxylation sites is 1. The van der Waals surface area contributed by atoms with Crippen LogP contribution in [-0.4, -0.2) is 0 Å². The van der Waals surface area contributed by atoms with Gasteiger partial charge in [-0.3, -0.25) is 0 Å². The van der Waals surface area contributed by atoms with Crippen molar-refractivity contribution in [3.8, 4) is 44.5 Å². The van der Waals surface area contributed by atoms with Gasteiger partial charge in [0, 0.05) is 37.0 Å². The van der Waals surface area contributed by atoms with Crippen molar-refractivity contribution in [1.29, 1.82) is 0 Å². The summed E-state index contributed by atoms with van der Waals surface area (Å²) >= 11 is 1.87. The Hall–Kier alpha value is -6.74. The second kappa shape index (κ2) is 14.6. The van der Waals surface area contributed by atoms with Gasteiger partial charge in [0.1, 0.15) is 0 Å². The van der Waals surface area contributed by atoms with Gasteiger partial charge >= 0.3 is 0 Å². The van der Waals surface area contributed by atoms with E-state index in [1.54, 1.807) is 0 Å². The zero-order valence-corrected chi connectivity index (χ0v) is 33.8. The standard InChI is InChI=1S/C56H43NS/c1-56(2,3)42-33-36-51(49(37-42)39-19-8-5-9-20-39)57(43-34-31-40(32-35-43)45-26-16-30-53-55(45)48-24-11-13-29-52(48)58-53)50-28-12-10-23-46(50)47-27-15-22-41-21-14-25-44(54(41)47)38-17-6-4-7-18-38/h4-37H,1-3H3. The van der Waals surface area contributed by atoms with Crippen LogP contribution >= 0.6 is 11.3 Å². The Morgan fingerprint density at radius 2 is 0.914 bits per heavy atom. The molecule has 1 nitrogen and oxygen atoms in total. The largest absolute Gasteiger partial charge is 0.309 e. The molecule has 0 aliphatic carbocycles. The molecule has 0 radical (unpaired) electrons. The predicted octanol–water partition coefficient (Wildman–Crippen LogP) is 16.6. The highest BCUT2D eigenvalue weighted by Gasteiger charge is 2.24. The molecule has 10 aromatic rings. The molecule has 0 fully saturated rings. The van der Waals surface area contributed by atoms with Gasteiger partial charge in [0.2, 0.25) is 0 Å². The van der Waals surface area contributed by atoms with E-state index in [0.717, 1.165) is 17.1 Å². The van der Waals surface area contributed by atoms with Gasteiger partial charge in [0.05, 0.1) is 11.4 Å². The molecule has 0 bridgehead atoms. The first kappa shape index (κ1) is 35.7. The minimum Gasteiger partial charge on any atom is -0.309 e. The van der Waals surface area contributed by atoms with Gasteiger partial charge in [0.15, 0.2) is 0 Å². The Morgan fingerprint density at radius 3 is 1.64 bits per heavy atom. The summed E-state index contributed by atoms with van der Waals surface area (Å²) in [5.74, 6) is 0. The zero-order chi connectivity index (χ0) is 39.2. The smallest absolute Gasteiger partial charge is 0.0540 e. The molecule has 1 aromatic heterocycles. The second-order valence-electron chi connectivity index (χ2n) is 16.1. The third-order valence-corrected chi connectivity index (χ3v) is 12.6. The number of hydrogen-bond acceptors (Lipinski definition) is 2. The molecular formula is C56H43NS. The average molecular weight is 762 g/mol. The summed E-state index contributed by atoms with van der Waals surface area (Å²) in [6.07, 6.45) is 0. The number of fused-ring (bicyclic) bond motifs is 4. The van der Waals surface area contributed by atoms with Crippen LogP contribution in [0.5, 0.6) is 0 Å². The lowest BCUT2D eigenvalue weighted by atomic mass is 9.84. The second-order valence-corrected chi connectivity index (χ2v) is 17.2. The molecule has 0 unspecified atom stereocenters. The van der Waals surface area contributed by atoms with E-state index in [2.05, 4.69) is 232 Å². The number of hydrogen-bond donors (Lipinski definition) is 0. The molecule has 10 rings (SSSR count). The van der Waals surface area contributed by atoms with Gasteiger partial charge in [-0.05, 0) is 97.6 Å². The molecule has 58 heavy (non-hydrogen) atoms. The first-order valence-electron chi connectivity index (χ1n) is 20.1. The van der Waals surface area contributed by atoms with Crippen LogP contribution in [0.25, 0.3) is 75.5 Å². The van der Waals surface area contributed by atoms with Crippen molar-refractivity contribution in [2.45, 2.75) is 26.2 Å². The normalized spacial score (nSPS) is 11.7. The highest BCUT2D eigenvalue weighted by molar-refractivity contribution is 7.25. The van der Waals surface area contributed by atoms with E-state index in [9.17, 15) is 0 Å². The molecule has 0 amide bonds. The van der Waals surface area contributed by atoms with Crippen molar-refractivity contribution < 1.29 is 0 Å². The molecule has 9 aromatic carbocycles. The molecule has 278 valence electrons. The van der Waals surface area contributed by atoms with Crippen LogP contribution in [0.2, 0.25) is 0 Å². The lowest BCUT2D eigenvalue weighted by molar-refractivity contribution is 0.590. The summed E-state index contributed by atoms with van der Waals surface area (Å²) in [6, 6.07) is 75.8. The molecule has 0 N–H and O–H groups in total. The minimum absolute atomic E-state index is 0.0178. The fourth-order valence-corrected chi connectivity index (χ4v) is 9.71. The molecular weight excluding hydrogens is 719 g/mol. The zero-order valence-electron chi connectivity index (χ0n) is 33.0. The highest BCUT2D eigenvalue weighted by Crippen LogP contribution is 2.48. The summed E-state index contributed by atoms with van der Waals surface area (Å²) in [7, 11) is 0. The van der Waals surface area contributed by atoms with Gasteiger partial charge in [-0.15, -0.1) is 11.3 Å². The Morgan fingerprint density at radius 1 is 0.379 bits per heavy atom. The van der Waals surface area contributed by atoms with E-state index >= 15 is 0 Å². The SMILES string of the molecule is CC(C)(C)c1ccc(N(c2ccc(-c3cccc4sc5ccccc5c34)cc2)c2ccccc2-c2cccc3cccc(-c4ccccc4)c23)c(-c2ccccc2)c1. The van der Waals surface area contributed by atoms with Crippen molar-refractivity contribution in [3.05, 3.63) is 212 Å². The fraction of sp³-hybridized carbons (Fsp3) is 0.0714. The topological polar surface area (TPSA) is 3.24 Å². The Bertz CT molecular complexity index is 3070. The van der Waals surface area contributed by atoms with Gasteiger partial charge in [0.25, 0.3) is 0 Å². The van der Waals surface area contributed by atoms with Gasteiger partial charge in [-0.2, -0.15) is 0 Å². The van der Waals surface area contributed by atoms with Crippen molar-refractivity contribution >= 4 is 59.3 Å². The van der Waals surface area contributed by atoms with Crippen molar-refractivity contribution in [2.24, 2.45) is 0 Å². The van der Waals surface area contributed by atoms with Gasteiger partial charge in [-0.25, -0.2) is 0 Å². The minimum atomic E-state index is -0.0178. The van der Waals surface area contributed by atoms with Crippen molar-refractivity contribution in [2.75, 3.05) is 4.90 Å². The van der Waals surface area contributed by atoms with E-state index < -0.39 is 0 Å². The lowest BCUT2D eigenvalue weighted by Crippen LogP contribution is -2.15. The Balaban J connectivity index is 1.22. The molecule has 2 heteroatoms. The molecule has 0 spiro atoms. The van der Waals surface area contributed by atoms with Crippen LogP contribution in [0.4, 0.5) is 17.1 Å². The average Bonchev–Trinajstić information content (AvgIpc) is 3.66. The predicted molar refractivity (Wildman–Crippen MR) is 252 cm³/mol. The number of anilines is 3. The van der Waals surface area contributed by atoms with Crippen LogP contribution < -0.4 is 4.90 Å². The van der Waals surface area contributed by atoms with Crippen LogP contribution in [0.1, 0.15) is 26.3 Å². The molecule has 0 aliphatic rings. The third kappa shape index (κ3) is 6.36. The number of thiophene rings is 1. The van der Waals surface area contributed by atoms with Gasteiger partial charge in [-0.1, -0.05) is 185 Å². The molecule has 1 heterocycles. The molecule has 0 saturated heterocycles. The first-order chi connectivity index (χ1) is 28.4. The van der Waals surface area contributed by atoms with E-state index in [-0.39, 0.29) is 5.41 Å². The van der Waals surface area contributed by atoms with Gasteiger partial charge < -0.3 is 4.90 Å². The lowest BCUT2D eigenvalue weighted by Gasteiger charge is -2.31. The maximum atomic E-state index is 2.48. The van der Waals surface area contributed by atoms with E-state index in [1.165, 1.54) is 81.0 Å². The maximum Gasteiger partial charge on any atom is 0.0540 e. The number of nitrogens with zero attached hydrogens (tertiary/aromatic N) is 1. The van der Waals surface area contributed by atoms with Crippen molar-refractivity contribution in [1.82, 2.24) is 0 Å². The summed E-state index contributed by atoms with van der Waals surface area (Å²) in [4.78, 5) is 2.48. The Labute approximate surface area is 345 Å². The summed E-state index contributed by atoms with van der Waals surface area (Å²) in [5.41, 5.74) is 14.3. The molecule has 0 saturated carbocycles. The quantitative estimate of drug-likeness (QED) is 0.156.